The van der Waals surface area contributed by atoms with E-state index in [1.807, 2.05) is 13.8 Å². The van der Waals surface area contributed by atoms with Gasteiger partial charge in [0.15, 0.2) is 0 Å². The van der Waals surface area contributed by atoms with Crippen molar-refractivity contribution in [1.29, 1.82) is 0 Å². The summed E-state index contributed by atoms with van der Waals surface area (Å²) in [5.41, 5.74) is -0.428. The van der Waals surface area contributed by atoms with Crippen molar-refractivity contribution in [3.63, 3.8) is 0 Å². The second kappa shape index (κ2) is 10.5. The number of rotatable bonds is 7. The zero-order valence-electron chi connectivity index (χ0n) is 20.4. The first-order valence-corrected chi connectivity index (χ1v) is 11.8. The Labute approximate surface area is 211 Å². The highest BCUT2D eigenvalue weighted by Crippen LogP contribution is 2.29. The third kappa shape index (κ3) is 5.82. The molecule has 0 atom stereocenters. The van der Waals surface area contributed by atoms with Crippen molar-refractivity contribution in [1.82, 2.24) is 14.5 Å². The minimum atomic E-state index is -4.52. The van der Waals surface area contributed by atoms with E-state index in [4.69, 9.17) is 0 Å². The summed E-state index contributed by atoms with van der Waals surface area (Å²) in [6.45, 7) is 4.40. The Bertz CT molecular complexity index is 1550. The third-order valence-electron chi connectivity index (χ3n) is 5.91. The second-order valence-electron chi connectivity index (χ2n) is 9.27. The quantitative estimate of drug-likeness (QED) is 0.398. The van der Waals surface area contributed by atoms with Gasteiger partial charge in [0.1, 0.15) is 0 Å². The maximum atomic E-state index is 13.5. The van der Waals surface area contributed by atoms with E-state index in [0.717, 1.165) is 16.7 Å². The Hall–Kier alpha value is -4.14. The van der Waals surface area contributed by atoms with Gasteiger partial charge in [0, 0.05) is 6.54 Å². The lowest BCUT2D eigenvalue weighted by molar-refractivity contribution is -0.137. The fraction of sp³-hybridized carbons (Fsp3) is 0.250. The molecule has 1 N–H and O–H groups in total. The van der Waals surface area contributed by atoms with Crippen LogP contribution in [0.25, 0.3) is 16.6 Å². The highest BCUT2D eigenvalue weighted by atomic mass is 19.4. The number of para-hydroxylation sites is 1. The van der Waals surface area contributed by atoms with Gasteiger partial charge in [0.2, 0.25) is 5.91 Å². The fourth-order valence-electron chi connectivity index (χ4n) is 4.06. The summed E-state index contributed by atoms with van der Waals surface area (Å²) in [7, 11) is 0. The first kappa shape index (κ1) is 25.9. The fourth-order valence-corrected chi connectivity index (χ4v) is 4.06. The number of hydrogen-bond acceptors (Lipinski definition) is 3. The molecule has 0 saturated heterocycles. The van der Waals surface area contributed by atoms with Crippen LogP contribution in [0, 0.1) is 5.92 Å². The van der Waals surface area contributed by atoms with Gasteiger partial charge in [-0.15, -0.1) is 0 Å². The molecule has 3 aromatic carbocycles. The molecular weight excluding hydrogens is 483 g/mol. The molecule has 0 aliphatic heterocycles. The molecule has 0 spiro atoms. The van der Waals surface area contributed by atoms with E-state index in [2.05, 4.69) is 5.32 Å². The molecule has 4 aromatic rings. The van der Waals surface area contributed by atoms with Crippen LogP contribution in [0.15, 0.2) is 82.4 Å². The van der Waals surface area contributed by atoms with E-state index in [9.17, 15) is 27.6 Å². The molecule has 1 amide bonds. The van der Waals surface area contributed by atoms with Crippen molar-refractivity contribution in [2.75, 3.05) is 6.54 Å². The van der Waals surface area contributed by atoms with Crippen molar-refractivity contribution in [2.45, 2.75) is 33.0 Å². The predicted octanol–water partition coefficient (Wildman–Crippen LogP) is 4.53. The average Bonchev–Trinajstić information content (AvgIpc) is 2.86. The standard InChI is InChI=1S/C28H26F3N3O3/c1-18(2)16-32-25(35)15-19-10-12-22(13-11-19)34-26(36)23-8-3-4-9-24(23)33(27(34)37)17-20-6-5-7-21(14-20)28(29,30)31/h3-14,18H,15-17H2,1-2H3,(H,32,35). The number of nitrogens with one attached hydrogen (secondary N) is 1. The van der Waals surface area contributed by atoms with Gasteiger partial charge in [-0.25, -0.2) is 9.36 Å². The van der Waals surface area contributed by atoms with Gasteiger partial charge in [0.25, 0.3) is 5.56 Å². The van der Waals surface area contributed by atoms with Crippen LogP contribution in [0.3, 0.4) is 0 Å². The molecular formula is C28H26F3N3O3. The summed E-state index contributed by atoms with van der Waals surface area (Å²) in [4.78, 5) is 39.0. The van der Waals surface area contributed by atoms with Crippen LogP contribution in [0.4, 0.5) is 13.2 Å². The first-order chi connectivity index (χ1) is 17.5. The maximum Gasteiger partial charge on any atom is 0.416 e. The van der Waals surface area contributed by atoms with Crippen LogP contribution in [0.2, 0.25) is 0 Å². The molecule has 0 saturated carbocycles. The number of alkyl halides is 3. The molecule has 0 aliphatic rings. The zero-order valence-corrected chi connectivity index (χ0v) is 20.4. The minimum absolute atomic E-state index is 0.132. The molecule has 0 unspecified atom stereocenters. The predicted molar refractivity (Wildman–Crippen MR) is 136 cm³/mol. The van der Waals surface area contributed by atoms with Crippen LogP contribution in [-0.4, -0.2) is 21.6 Å². The van der Waals surface area contributed by atoms with Crippen molar-refractivity contribution in [3.8, 4) is 5.69 Å². The Morgan fingerprint density at radius 2 is 1.62 bits per heavy atom. The lowest BCUT2D eigenvalue weighted by atomic mass is 10.1. The van der Waals surface area contributed by atoms with E-state index in [1.165, 1.54) is 16.7 Å². The molecule has 4 rings (SSSR count). The van der Waals surface area contributed by atoms with Gasteiger partial charge >= 0.3 is 11.9 Å². The number of carbonyl (C=O) groups is 1. The smallest absolute Gasteiger partial charge is 0.356 e. The number of benzene rings is 3. The van der Waals surface area contributed by atoms with E-state index in [1.54, 1.807) is 48.5 Å². The topological polar surface area (TPSA) is 73.1 Å². The summed E-state index contributed by atoms with van der Waals surface area (Å²) in [5, 5.41) is 3.10. The van der Waals surface area contributed by atoms with Gasteiger partial charge in [-0.05, 0) is 53.4 Å². The molecule has 1 aromatic heterocycles. The number of carbonyl (C=O) groups excluding carboxylic acids is 1. The normalized spacial score (nSPS) is 11.7. The Morgan fingerprint density at radius 1 is 0.919 bits per heavy atom. The number of fused-ring (bicyclic) bond motifs is 1. The summed E-state index contributed by atoms with van der Waals surface area (Å²) in [5.74, 6) is 0.192. The molecule has 1 heterocycles. The average molecular weight is 510 g/mol. The van der Waals surface area contributed by atoms with Crippen LogP contribution in [-0.2, 0) is 23.9 Å². The van der Waals surface area contributed by atoms with Gasteiger partial charge in [-0.1, -0.05) is 50.2 Å². The summed E-state index contributed by atoms with van der Waals surface area (Å²) < 4.78 is 42.0. The lowest BCUT2D eigenvalue weighted by Crippen LogP contribution is -2.39. The molecule has 9 heteroatoms. The SMILES string of the molecule is CC(C)CNC(=O)Cc1ccc(-n2c(=O)c3ccccc3n(Cc3cccc(C(F)(F)F)c3)c2=O)cc1. The second-order valence-corrected chi connectivity index (χ2v) is 9.27. The number of nitrogens with zero attached hydrogens (tertiary/aromatic N) is 2. The van der Waals surface area contributed by atoms with Crippen molar-refractivity contribution >= 4 is 16.8 Å². The minimum Gasteiger partial charge on any atom is -0.356 e. The molecule has 192 valence electrons. The molecule has 0 bridgehead atoms. The number of amides is 1. The van der Waals surface area contributed by atoms with Crippen molar-refractivity contribution in [3.05, 3.63) is 110 Å². The molecule has 6 nitrogen and oxygen atoms in total. The monoisotopic (exact) mass is 509 g/mol. The summed E-state index contributed by atoms with van der Waals surface area (Å²) >= 11 is 0. The van der Waals surface area contributed by atoms with Crippen LogP contribution < -0.4 is 16.6 Å². The zero-order chi connectivity index (χ0) is 26.7. The van der Waals surface area contributed by atoms with Crippen LogP contribution in [0.1, 0.15) is 30.5 Å². The van der Waals surface area contributed by atoms with Gasteiger partial charge in [0.05, 0.1) is 35.1 Å². The highest BCUT2D eigenvalue weighted by Gasteiger charge is 2.30. The number of halogens is 3. The number of aromatic nitrogens is 2. The van der Waals surface area contributed by atoms with Crippen molar-refractivity contribution < 1.29 is 18.0 Å². The Kier molecular flexibility index (Phi) is 7.33. The molecule has 0 fully saturated rings. The maximum absolute atomic E-state index is 13.5. The lowest BCUT2D eigenvalue weighted by Gasteiger charge is -2.15. The van der Waals surface area contributed by atoms with E-state index >= 15 is 0 Å². The van der Waals surface area contributed by atoms with Crippen LogP contribution >= 0.6 is 0 Å². The first-order valence-electron chi connectivity index (χ1n) is 11.8. The van der Waals surface area contributed by atoms with E-state index < -0.39 is 23.0 Å². The van der Waals surface area contributed by atoms with E-state index in [-0.39, 0.29) is 29.8 Å². The van der Waals surface area contributed by atoms with Gasteiger partial charge in [-0.2, -0.15) is 13.2 Å². The van der Waals surface area contributed by atoms with Crippen molar-refractivity contribution in [2.24, 2.45) is 5.92 Å². The highest BCUT2D eigenvalue weighted by molar-refractivity contribution is 5.79. The van der Waals surface area contributed by atoms with Crippen LogP contribution in [0.5, 0.6) is 0 Å². The Morgan fingerprint density at radius 3 is 2.30 bits per heavy atom. The van der Waals surface area contributed by atoms with E-state index in [0.29, 0.717) is 29.2 Å². The summed E-state index contributed by atoms with van der Waals surface area (Å²) in [6, 6.07) is 17.7. The molecule has 0 radical (unpaired) electrons. The molecule has 0 aliphatic carbocycles. The molecule has 37 heavy (non-hydrogen) atoms. The summed E-state index contributed by atoms with van der Waals surface area (Å²) in [6.07, 6.45) is -4.37. The largest absolute Gasteiger partial charge is 0.416 e. The third-order valence-corrected chi connectivity index (χ3v) is 5.91. The van der Waals surface area contributed by atoms with Gasteiger partial charge < -0.3 is 5.32 Å². The number of hydrogen-bond donors (Lipinski definition) is 1. The van der Waals surface area contributed by atoms with Gasteiger partial charge in [-0.3, -0.25) is 14.2 Å². The Balaban J connectivity index is 1.74.